The van der Waals surface area contributed by atoms with E-state index in [0.717, 1.165) is 10.2 Å². The lowest BCUT2D eigenvalue weighted by Crippen LogP contribution is -2.20. The first kappa shape index (κ1) is 21.1. The number of carbonyl (C=O) groups is 1. The first-order chi connectivity index (χ1) is 13.7. The fraction of sp³-hybridized carbons (Fsp3) is 0.111. The number of non-ortho nitro benzene ring substituents is 1. The second-order valence-corrected chi connectivity index (χ2v) is 7.63. The number of nitro benzene ring substituents is 1. The zero-order chi connectivity index (χ0) is 21.1. The van der Waals surface area contributed by atoms with Crippen molar-refractivity contribution < 1.29 is 14.5 Å². The number of nitro groups is 1. The van der Waals surface area contributed by atoms with Crippen LogP contribution in [0.1, 0.15) is 5.69 Å². The fourth-order valence-corrected chi connectivity index (χ4v) is 3.17. The third-order valence-electron chi connectivity index (χ3n) is 3.84. The van der Waals surface area contributed by atoms with Crippen LogP contribution >= 0.6 is 39.1 Å². The first-order valence-electron chi connectivity index (χ1n) is 8.13. The number of halogens is 3. The number of hydrogen-bond donors (Lipinski definition) is 1. The molecule has 3 rings (SSSR count). The van der Waals surface area contributed by atoms with Crippen LogP contribution in [0.2, 0.25) is 10.0 Å². The van der Waals surface area contributed by atoms with Crippen molar-refractivity contribution in [1.82, 2.24) is 9.78 Å². The highest BCUT2D eigenvalue weighted by molar-refractivity contribution is 9.10. The van der Waals surface area contributed by atoms with Crippen LogP contribution < -0.4 is 10.1 Å². The number of benzene rings is 2. The zero-order valence-corrected chi connectivity index (χ0v) is 18.0. The van der Waals surface area contributed by atoms with Gasteiger partial charge in [-0.25, -0.2) is 0 Å². The fourth-order valence-electron chi connectivity index (χ4n) is 2.42. The Balaban J connectivity index is 1.83. The van der Waals surface area contributed by atoms with Crippen molar-refractivity contribution in [3.05, 3.63) is 72.9 Å². The van der Waals surface area contributed by atoms with Gasteiger partial charge in [-0.15, -0.1) is 0 Å². The molecule has 8 nitrogen and oxygen atoms in total. The van der Waals surface area contributed by atoms with Gasteiger partial charge in [-0.3, -0.25) is 19.6 Å². The SMILES string of the molecule is Cc1c(Br)cnn1CC(=O)Nc1cc(Oc2ccc(Cl)cc2Cl)cc([N+](=O)[O-])c1. The summed E-state index contributed by atoms with van der Waals surface area (Å²) < 4.78 is 7.92. The van der Waals surface area contributed by atoms with Gasteiger partial charge >= 0.3 is 0 Å². The predicted octanol–water partition coefficient (Wildman–Crippen LogP) is 5.60. The van der Waals surface area contributed by atoms with Crippen molar-refractivity contribution in [2.45, 2.75) is 13.5 Å². The molecule has 1 heterocycles. The number of ether oxygens (including phenoxy) is 1. The van der Waals surface area contributed by atoms with E-state index in [1.54, 1.807) is 25.3 Å². The molecule has 0 spiro atoms. The summed E-state index contributed by atoms with van der Waals surface area (Å²) in [6, 6.07) is 8.54. The lowest BCUT2D eigenvalue weighted by Gasteiger charge is -2.11. The summed E-state index contributed by atoms with van der Waals surface area (Å²) >= 11 is 15.3. The van der Waals surface area contributed by atoms with Crippen LogP contribution in [-0.4, -0.2) is 20.6 Å². The van der Waals surface area contributed by atoms with Crippen LogP contribution in [0.4, 0.5) is 11.4 Å². The van der Waals surface area contributed by atoms with Crippen LogP contribution in [-0.2, 0) is 11.3 Å². The average Bonchev–Trinajstić information content (AvgIpc) is 2.96. The molecule has 1 aromatic heterocycles. The molecule has 0 unspecified atom stereocenters. The Bertz CT molecular complexity index is 1100. The normalized spacial score (nSPS) is 10.6. The van der Waals surface area contributed by atoms with Crippen LogP contribution in [0.15, 0.2) is 47.1 Å². The zero-order valence-electron chi connectivity index (χ0n) is 14.9. The highest BCUT2D eigenvalue weighted by Crippen LogP contribution is 2.34. The molecule has 0 atom stereocenters. The van der Waals surface area contributed by atoms with Gasteiger partial charge in [0.25, 0.3) is 5.69 Å². The van der Waals surface area contributed by atoms with Crippen molar-refractivity contribution in [3.8, 4) is 11.5 Å². The van der Waals surface area contributed by atoms with Crippen molar-refractivity contribution >= 4 is 56.4 Å². The van der Waals surface area contributed by atoms with Gasteiger partial charge in [0, 0.05) is 17.2 Å². The number of nitrogens with one attached hydrogen (secondary N) is 1. The molecule has 1 amide bonds. The molecule has 0 aliphatic carbocycles. The van der Waals surface area contributed by atoms with Gasteiger partial charge in [0.2, 0.25) is 5.91 Å². The van der Waals surface area contributed by atoms with E-state index in [9.17, 15) is 14.9 Å². The van der Waals surface area contributed by atoms with Crippen LogP contribution in [0.3, 0.4) is 0 Å². The summed E-state index contributed by atoms with van der Waals surface area (Å²) in [5.74, 6) is 0.00210. The largest absolute Gasteiger partial charge is 0.455 e. The lowest BCUT2D eigenvalue weighted by molar-refractivity contribution is -0.384. The molecule has 0 saturated carbocycles. The third-order valence-corrected chi connectivity index (χ3v) is 5.15. The van der Waals surface area contributed by atoms with Gasteiger partial charge in [0.1, 0.15) is 18.0 Å². The lowest BCUT2D eigenvalue weighted by atomic mass is 10.2. The minimum absolute atomic E-state index is 0.0562. The summed E-state index contributed by atoms with van der Waals surface area (Å²) in [4.78, 5) is 23.0. The summed E-state index contributed by atoms with van der Waals surface area (Å²) in [5, 5.41) is 18.6. The van der Waals surface area contributed by atoms with E-state index in [2.05, 4.69) is 26.3 Å². The van der Waals surface area contributed by atoms with Crippen LogP contribution in [0, 0.1) is 17.0 Å². The number of carbonyl (C=O) groups excluding carboxylic acids is 1. The van der Waals surface area contributed by atoms with Crippen molar-refractivity contribution in [1.29, 1.82) is 0 Å². The van der Waals surface area contributed by atoms with Gasteiger partial charge in [0.05, 0.1) is 38.1 Å². The molecule has 11 heteroatoms. The molecular formula is C18H13BrCl2N4O4. The van der Waals surface area contributed by atoms with E-state index >= 15 is 0 Å². The summed E-state index contributed by atoms with van der Waals surface area (Å²) in [5.41, 5.74) is 0.731. The third kappa shape index (κ3) is 5.26. The molecule has 2 aromatic carbocycles. The second-order valence-electron chi connectivity index (χ2n) is 5.93. The number of aromatic nitrogens is 2. The van der Waals surface area contributed by atoms with E-state index in [0.29, 0.717) is 5.02 Å². The first-order valence-corrected chi connectivity index (χ1v) is 9.68. The molecule has 0 aliphatic rings. The highest BCUT2D eigenvalue weighted by Gasteiger charge is 2.15. The van der Waals surface area contributed by atoms with E-state index in [1.807, 2.05) is 0 Å². The van der Waals surface area contributed by atoms with Crippen LogP contribution in [0.5, 0.6) is 11.5 Å². The number of hydrogen-bond acceptors (Lipinski definition) is 5. The maximum absolute atomic E-state index is 12.4. The molecule has 0 fully saturated rings. The average molecular weight is 500 g/mol. The van der Waals surface area contributed by atoms with Crippen molar-refractivity contribution in [3.63, 3.8) is 0 Å². The Hall–Kier alpha value is -2.62. The van der Waals surface area contributed by atoms with E-state index in [-0.39, 0.29) is 34.4 Å². The Labute approximate surface area is 183 Å². The number of anilines is 1. The van der Waals surface area contributed by atoms with Gasteiger partial charge in [-0.2, -0.15) is 5.10 Å². The molecular weight excluding hydrogens is 487 g/mol. The molecule has 1 N–H and O–H groups in total. The molecule has 0 saturated heterocycles. The number of nitrogens with zero attached hydrogens (tertiary/aromatic N) is 3. The Morgan fingerprint density at radius 2 is 2.07 bits per heavy atom. The quantitative estimate of drug-likeness (QED) is 0.351. The summed E-state index contributed by atoms with van der Waals surface area (Å²) in [6.07, 6.45) is 1.58. The summed E-state index contributed by atoms with van der Waals surface area (Å²) in [7, 11) is 0. The molecule has 0 bridgehead atoms. The Morgan fingerprint density at radius 3 is 2.69 bits per heavy atom. The van der Waals surface area contributed by atoms with Gasteiger partial charge in [-0.05, 0) is 41.1 Å². The van der Waals surface area contributed by atoms with E-state index in [1.165, 1.54) is 28.9 Å². The van der Waals surface area contributed by atoms with Gasteiger partial charge in [-0.1, -0.05) is 23.2 Å². The number of rotatable bonds is 6. The molecule has 0 radical (unpaired) electrons. The second kappa shape index (κ2) is 8.81. The monoisotopic (exact) mass is 498 g/mol. The van der Waals surface area contributed by atoms with Crippen molar-refractivity contribution in [2.24, 2.45) is 0 Å². The topological polar surface area (TPSA) is 99.3 Å². The molecule has 3 aromatic rings. The Morgan fingerprint density at radius 1 is 1.31 bits per heavy atom. The Kier molecular flexibility index (Phi) is 6.41. The minimum atomic E-state index is -0.583. The molecule has 0 aliphatic heterocycles. The van der Waals surface area contributed by atoms with Gasteiger partial charge in [0.15, 0.2) is 0 Å². The molecule has 29 heavy (non-hydrogen) atoms. The smallest absolute Gasteiger partial charge is 0.275 e. The minimum Gasteiger partial charge on any atom is -0.455 e. The maximum Gasteiger partial charge on any atom is 0.275 e. The number of amides is 1. The van der Waals surface area contributed by atoms with E-state index < -0.39 is 10.8 Å². The maximum atomic E-state index is 12.4. The highest BCUT2D eigenvalue weighted by atomic mass is 79.9. The standard InChI is InChI=1S/C18H13BrCl2N4O4/c1-10-15(19)8-22-24(10)9-18(26)23-12-5-13(25(27)28)7-14(6-12)29-17-3-2-11(20)4-16(17)21/h2-8H,9H2,1H3,(H,23,26). The van der Waals surface area contributed by atoms with Gasteiger partial charge < -0.3 is 10.1 Å². The molecule has 150 valence electrons. The van der Waals surface area contributed by atoms with E-state index in [4.69, 9.17) is 27.9 Å². The predicted molar refractivity (Wildman–Crippen MR) is 113 cm³/mol. The van der Waals surface area contributed by atoms with Crippen molar-refractivity contribution in [2.75, 3.05) is 5.32 Å². The van der Waals surface area contributed by atoms with Crippen LogP contribution in [0.25, 0.3) is 0 Å². The summed E-state index contributed by atoms with van der Waals surface area (Å²) in [6.45, 7) is 1.75.